The Hall–Kier alpha value is -0.890. The molecular weight excluding hydrogens is 177 g/mol. The largest absolute Gasteiger partial charge is 0.324 e. The van der Waals surface area contributed by atoms with Crippen molar-refractivity contribution in [3.63, 3.8) is 0 Å². The highest BCUT2D eigenvalue weighted by molar-refractivity contribution is 5.26. The van der Waals surface area contributed by atoms with E-state index in [2.05, 4.69) is 13.8 Å². The predicted octanol–water partition coefficient (Wildman–Crippen LogP) is 3.18. The molecule has 0 amide bonds. The van der Waals surface area contributed by atoms with Crippen molar-refractivity contribution in [1.29, 1.82) is 0 Å². The molecule has 2 heteroatoms. The lowest BCUT2D eigenvalue weighted by atomic mass is 9.92. The normalized spacial score (nSPS) is 15.2. The molecule has 0 aliphatic heterocycles. The number of halogens is 1. The Kier molecular flexibility index (Phi) is 3.64. The summed E-state index contributed by atoms with van der Waals surface area (Å²) in [7, 11) is 0. The molecule has 0 aliphatic carbocycles. The molecule has 2 N–H and O–H groups in total. The maximum Gasteiger partial charge on any atom is 0.126 e. The lowest BCUT2D eigenvalue weighted by Gasteiger charge is -2.19. The van der Waals surface area contributed by atoms with Crippen LogP contribution in [0.5, 0.6) is 0 Å². The standard InChI is InChI=1S/C12H18FN/c1-4-8(2)12(14)10-5-6-11(13)9(3)7-10/h5-8,12H,4,14H2,1-3H3. The molecule has 0 aliphatic rings. The smallest absolute Gasteiger partial charge is 0.126 e. The van der Waals surface area contributed by atoms with Crippen molar-refractivity contribution in [3.05, 3.63) is 35.1 Å². The van der Waals surface area contributed by atoms with Gasteiger partial charge in [-0.15, -0.1) is 0 Å². The zero-order valence-electron chi connectivity index (χ0n) is 9.05. The maximum atomic E-state index is 13.0. The molecule has 78 valence electrons. The van der Waals surface area contributed by atoms with Crippen molar-refractivity contribution >= 4 is 0 Å². The maximum absolute atomic E-state index is 13.0. The molecule has 14 heavy (non-hydrogen) atoms. The summed E-state index contributed by atoms with van der Waals surface area (Å²) in [6.07, 6.45) is 1.04. The van der Waals surface area contributed by atoms with Gasteiger partial charge in [-0.05, 0) is 30.0 Å². The van der Waals surface area contributed by atoms with Crippen LogP contribution in [0.4, 0.5) is 4.39 Å². The van der Waals surface area contributed by atoms with Crippen LogP contribution in [0.2, 0.25) is 0 Å². The van der Waals surface area contributed by atoms with E-state index in [9.17, 15) is 4.39 Å². The first-order valence-electron chi connectivity index (χ1n) is 5.08. The Morgan fingerprint density at radius 3 is 2.57 bits per heavy atom. The van der Waals surface area contributed by atoms with Gasteiger partial charge in [0.1, 0.15) is 5.82 Å². The lowest BCUT2D eigenvalue weighted by molar-refractivity contribution is 0.456. The first kappa shape index (κ1) is 11.2. The summed E-state index contributed by atoms with van der Waals surface area (Å²) in [6, 6.07) is 5.12. The Morgan fingerprint density at radius 2 is 2.07 bits per heavy atom. The van der Waals surface area contributed by atoms with Gasteiger partial charge in [-0.1, -0.05) is 32.4 Å². The molecule has 0 radical (unpaired) electrons. The molecule has 0 saturated carbocycles. The summed E-state index contributed by atoms with van der Waals surface area (Å²) in [5.74, 6) is 0.268. The topological polar surface area (TPSA) is 26.0 Å². The van der Waals surface area contributed by atoms with E-state index in [4.69, 9.17) is 5.73 Å². The fourth-order valence-corrected chi connectivity index (χ4v) is 1.46. The van der Waals surface area contributed by atoms with E-state index in [1.165, 1.54) is 6.07 Å². The molecule has 0 bridgehead atoms. The Labute approximate surface area is 85.1 Å². The summed E-state index contributed by atoms with van der Waals surface area (Å²) in [5.41, 5.74) is 7.74. The van der Waals surface area contributed by atoms with Crippen LogP contribution >= 0.6 is 0 Å². The minimum absolute atomic E-state index is 0.0132. The molecule has 0 aromatic heterocycles. The van der Waals surface area contributed by atoms with Gasteiger partial charge in [-0.25, -0.2) is 4.39 Å². The molecular formula is C12H18FN. The molecule has 1 rings (SSSR count). The molecule has 0 saturated heterocycles. The zero-order valence-corrected chi connectivity index (χ0v) is 9.05. The second-order valence-corrected chi connectivity index (χ2v) is 3.92. The van der Waals surface area contributed by atoms with Crippen molar-refractivity contribution in [2.45, 2.75) is 33.2 Å². The highest BCUT2D eigenvalue weighted by atomic mass is 19.1. The molecule has 0 fully saturated rings. The van der Waals surface area contributed by atoms with Gasteiger partial charge in [-0.2, -0.15) is 0 Å². The number of rotatable bonds is 3. The monoisotopic (exact) mass is 195 g/mol. The zero-order chi connectivity index (χ0) is 10.7. The van der Waals surface area contributed by atoms with Crippen LogP contribution < -0.4 is 5.73 Å². The number of hydrogen-bond acceptors (Lipinski definition) is 1. The van der Waals surface area contributed by atoms with Crippen LogP contribution in [-0.4, -0.2) is 0 Å². The van der Waals surface area contributed by atoms with E-state index in [0.29, 0.717) is 11.5 Å². The minimum Gasteiger partial charge on any atom is -0.324 e. The number of benzene rings is 1. The second-order valence-electron chi connectivity index (χ2n) is 3.92. The average Bonchev–Trinajstić information content (AvgIpc) is 2.20. The SMILES string of the molecule is CCC(C)C(N)c1ccc(F)c(C)c1. The summed E-state index contributed by atoms with van der Waals surface area (Å²) < 4.78 is 13.0. The van der Waals surface area contributed by atoms with Crippen LogP contribution in [0.15, 0.2) is 18.2 Å². The number of aryl methyl sites for hydroxylation is 1. The molecule has 0 heterocycles. The summed E-state index contributed by atoms with van der Waals surface area (Å²) in [6.45, 7) is 5.99. The van der Waals surface area contributed by atoms with E-state index < -0.39 is 0 Å². The van der Waals surface area contributed by atoms with E-state index in [0.717, 1.165) is 12.0 Å². The molecule has 1 nitrogen and oxygen atoms in total. The van der Waals surface area contributed by atoms with Gasteiger partial charge in [0.25, 0.3) is 0 Å². The van der Waals surface area contributed by atoms with Crippen molar-refractivity contribution in [2.24, 2.45) is 11.7 Å². The van der Waals surface area contributed by atoms with E-state index in [1.807, 2.05) is 6.07 Å². The average molecular weight is 195 g/mol. The van der Waals surface area contributed by atoms with E-state index in [-0.39, 0.29) is 11.9 Å². The van der Waals surface area contributed by atoms with Gasteiger partial charge >= 0.3 is 0 Å². The van der Waals surface area contributed by atoms with Crippen LogP contribution in [0.1, 0.15) is 37.4 Å². The Balaban J connectivity index is 2.91. The van der Waals surface area contributed by atoms with E-state index in [1.54, 1.807) is 13.0 Å². The number of hydrogen-bond donors (Lipinski definition) is 1. The fraction of sp³-hybridized carbons (Fsp3) is 0.500. The minimum atomic E-state index is -0.162. The Bertz CT molecular complexity index is 309. The van der Waals surface area contributed by atoms with Gasteiger partial charge in [0, 0.05) is 6.04 Å². The quantitative estimate of drug-likeness (QED) is 0.787. The van der Waals surface area contributed by atoms with Crippen molar-refractivity contribution in [3.8, 4) is 0 Å². The van der Waals surface area contributed by atoms with Gasteiger partial charge < -0.3 is 5.73 Å². The van der Waals surface area contributed by atoms with Crippen molar-refractivity contribution in [1.82, 2.24) is 0 Å². The van der Waals surface area contributed by atoms with Crippen molar-refractivity contribution < 1.29 is 4.39 Å². The van der Waals surface area contributed by atoms with Gasteiger partial charge in [0.2, 0.25) is 0 Å². The number of nitrogens with two attached hydrogens (primary N) is 1. The van der Waals surface area contributed by atoms with Crippen molar-refractivity contribution in [2.75, 3.05) is 0 Å². The Morgan fingerprint density at radius 1 is 1.43 bits per heavy atom. The lowest BCUT2D eigenvalue weighted by Crippen LogP contribution is -2.18. The van der Waals surface area contributed by atoms with Gasteiger partial charge in [0.05, 0.1) is 0 Å². The summed E-state index contributed by atoms with van der Waals surface area (Å²) in [4.78, 5) is 0. The van der Waals surface area contributed by atoms with E-state index >= 15 is 0 Å². The fourth-order valence-electron chi connectivity index (χ4n) is 1.46. The third kappa shape index (κ3) is 2.32. The first-order valence-corrected chi connectivity index (χ1v) is 5.08. The van der Waals surface area contributed by atoms with Gasteiger partial charge in [0.15, 0.2) is 0 Å². The van der Waals surface area contributed by atoms with Gasteiger partial charge in [-0.3, -0.25) is 0 Å². The highest BCUT2D eigenvalue weighted by Crippen LogP contribution is 2.23. The van der Waals surface area contributed by atoms with Crippen LogP contribution in [0.3, 0.4) is 0 Å². The molecule has 2 unspecified atom stereocenters. The highest BCUT2D eigenvalue weighted by Gasteiger charge is 2.13. The first-order chi connectivity index (χ1) is 6.56. The van der Waals surface area contributed by atoms with Crippen LogP contribution in [0, 0.1) is 18.7 Å². The molecule has 1 aromatic rings. The summed E-state index contributed by atoms with van der Waals surface area (Å²) >= 11 is 0. The van der Waals surface area contributed by atoms with Crippen LogP contribution in [-0.2, 0) is 0 Å². The predicted molar refractivity (Wildman–Crippen MR) is 57.5 cm³/mol. The third-order valence-electron chi connectivity index (χ3n) is 2.82. The molecule has 2 atom stereocenters. The van der Waals surface area contributed by atoms with Crippen LogP contribution in [0.25, 0.3) is 0 Å². The molecule has 0 spiro atoms. The summed E-state index contributed by atoms with van der Waals surface area (Å²) in [5, 5.41) is 0. The third-order valence-corrected chi connectivity index (χ3v) is 2.82. The molecule has 1 aromatic carbocycles. The second kappa shape index (κ2) is 4.56.